The lowest BCUT2D eigenvalue weighted by Gasteiger charge is -2.32. The fraction of sp³-hybridized carbons (Fsp3) is 0.346. The highest BCUT2D eigenvalue weighted by atomic mass is 35.5. The predicted octanol–water partition coefficient (Wildman–Crippen LogP) is 5.26. The third-order valence-corrected chi connectivity index (χ3v) is 6.97. The molecule has 5 rings (SSSR count). The van der Waals surface area contributed by atoms with Crippen molar-refractivity contribution < 1.29 is 13.6 Å². The number of hydrogen-bond acceptors (Lipinski definition) is 7. The zero-order valence-electron chi connectivity index (χ0n) is 20.8. The SMILES string of the molecule is Cc1cc(Nc2nc(Cc3cc(C)c(C4CCN(C(=O)c5ocnc5C)CC4)cc3F)ncc2Cl)n[nH]1. The normalized spacial score (nSPS) is 14.2. The van der Waals surface area contributed by atoms with Gasteiger partial charge in [0.1, 0.15) is 16.7 Å². The molecule has 2 N–H and O–H groups in total. The van der Waals surface area contributed by atoms with Gasteiger partial charge in [0, 0.05) is 31.3 Å². The van der Waals surface area contributed by atoms with Crippen molar-refractivity contribution >= 4 is 29.1 Å². The number of nitrogens with one attached hydrogen (secondary N) is 2. The number of likely N-dealkylation sites (tertiary alicyclic amines) is 1. The Hall–Kier alpha value is -3.79. The van der Waals surface area contributed by atoms with E-state index in [4.69, 9.17) is 16.0 Å². The molecule has 0 bridgehead atoms. The van der Waals surface area contributed by atoms with E-state index in [9.17, 15) is 4.79 Å². The van der Waals surface area contributed by atoms with Crippen molar-refractivity contribution in [1.82, 2.24) is 30.0 Å². The van der Waals surface area contributed by atoms with Crippen molar-refractivity contribution in [3.05, 3.63) is 81.3 Å². The van der Waals surface area contributed by atoms with E-state index in [1.807, 2.05) is 26.0 Å². The quantitative estimate of drug-likeness (QED) is 0.354. The van der Waals surface area contributed by atoms with Crippen LogP contribution >= 0.6 is 11.6 Å². The fourth-order valence-electron chi connectivity index (χ4n) is 4.73. The maximum absolute atomic E-state index is 15.2. The summed E-state index contributed by atoms with van der Waals surface area (Å²) in [7, 11) is 0. The third-order valence-electron chi connectivity index (χ3n) is 6.69. The van der Waals surface area contributed by atoms with E-state index in [0.29, 0.717) is 46.8 Å². The summed E-state index contributed by atoms with van der Waals surface area (Å²) in [5.41, 5.74) is 3.97. The third kappa shape index (κ3) is 5.34. The number of rotatable bonds is 6. The zero-order chi connectivity index (χ0) is 26.1. The number of aromatic nitrogens is 5. The largest absolute Gasteiger partial charge is 0.438 e. The topological polar surface area (TPSA) is 113 Å². The Bertz CT molecular complexity index is 1440. The van der Waals surface area contributed by atoms with Gasteiger partial charge in [-0.25, -0.2) is 19.3 Å². The summed E-state index contributed by atoms with van der Waals surface area (Å²) in [5.74, 6) is 1.45. The Morgan fingerprint density at radius 3 is 2.68 bits per heavy atom. The molecule has 0 radical (unpaired) electrons. The molecule has 0 spiro atoms. The molecule has 37 heavy (non-hydrogen) atoms. The first-order valence-electron chi connectivity index (χ1n) is 12.1. The molecule has 9 nitrogen and oxygen atoms in total. The van der Waals surface area contributed by atoms with Gasteiger partial charge < -0.3 is 14.6 Å². The minimum Gasteiger partial charge on any atom is -0.438 e. The molecule has 1 fully saturated rings. The standard InChI is InChI=1S/C26H27ClFN7O2/c1-14-8-18(10-22-29-12-20(27)25(31-22)32-23-9-15(2)33-34-23)21(28)11-19(14)17-4-6-35(7-5-17)26(36)24-16(3)30-13-37-24/h8-9,11-13,17H,4-7,10H2,1-3H3,(H2,29,31,32,33,34). The van der Waals surface area contributed by atoms with Crippen molar-refractivity contribution in [2.45, 2.75) is 46.0 Å². The second-order valence-electron chi connectivity index (χ2n) is 9.35. The Balaban J connectivity index is 1.27. The van der Waals surface area contributed by atoms with Crippen LogP contribution in [0.5, 0.6) is 0 Å². The Morgan fingerprint density at radius 1 is 1.22 bits per heavy atom. The van der Waals surface area contributed by atoms with Crippen LogP contribution in [0.4, 0.5) is 16.0 Å². The Morgan fingerprint density at radius 2 is 2.00 bits per heavy atom. The number of aromatic amines is 1. The van der Waals surface area contributed by atoms with Gasteiger partial charge in [0.05, 0.1) is 11.9 Å². The number of aryl methyl sites for hydroxylation is 3. The maximum Gasteiger partial charge on any atom is 0.291 e. The lowest BCUT2D eigenvalue weighted by molar-refractivity contribution is 0.0679. The van der Waals surface area contributed by atoms with E-state index in [1.165, 1.54) is 12.6 Å². The molecule has 1 amide bonds. The van der Waals surface area contributed by atoms with Gasteiger partial charge in [0.25, 0.3) is 5.91 Å². The maximum atomic E-state index is 15.2. The van der Waals surface area contributed by atoms with Gasteiger partial charge >= 0.3 is 0 Å². The summed E-state index contributed by atoms with van der Waals surface area (Å²) in [6.45, 7) is 6.79. The smallest absolute Gasteiger partial charge is 0.291 e. The minimum atomic E-state index is -0.299. The molecule has 1 aliphatic rings. The summed E-state index contributed by atoms with van der Waals surface area (Å²) in [6.07, 6.45) is 4.51. The van der Waals surface area contributed by atoms with Crippen LogP contribution in [-0.4, -0.2) is 49.0 Å². The van der Waals surface area contributed by atoms with Gasteiger partial charge in [-0.15, -0.1) is 0 Å². The van der Waals surface area contributed by atoms with Crippen molar-refractivity contribution in [3.8, 4) is 0 Å². The van der Waals surface area contributed by atoms with Gasteiger partial charge in [0.15, 0.2) is 18.0 Å². The van der Waals surface area contributed by atoms with Gasteiger partial charge in [-0.1, -0.05) is 17.7 Å². The Labute approximate surface area is 218 Å². The number of nitrogens with zero attached hydrogens (tertiary/aromatic N) is 5. The number of carbonyl (C=O) groups excluding carboxylic acids is 1. The molecular formula is C26H27ClFN7O2. The van der Waals surface area contributed by atoms with E-state index >= 15 is 4.39 Å². The first-order chi connectivity index (χ1) is 17.8. The lowest BCUT2D eigenvalue weighted by Crippen LogP contribution is -2.38. The summed E-state index contributed by atoms with van der Waals surface area (Å²) >= 11 is 6.25. The van der Waals surface area contributed by atoms with Gasteiger partial charge in [-0.3, -0.25) is 9.89 Å². The number of anilines is 2. The van der Waals surface area contributed by atoms with Crippen LogP contribution in [0.2, 0.25) is 5.02 Å². The molecule has 1 aromatic carbocycles. The molecule has 0 unspecified atom stereocenters. The van der Waals surface area contributed by atoms with Crippen molar-refractivity contribution in [2.24, 2.45) is 0 Å². The number of benzene rings is 1. The van der Waals surface area contributed by atoms with Crippen LogP contribution < -0.4 is 5.32 Å². The monoisotopic (exact) mass is 523 g/mol. The van der Waals surface area contributed by atoms with Gasteiger partial charge in [-0.2, -0.15) is 5.10 Å². The van der Waals surface area contributed by atoms with E-state index in [1.54, 1.807) is 17.9 Å². The molecule has 192 valence electrons. The summed E-state index contributed by atoms with van der Waals surface area (Å²) in [6, 6.07) is 5.31. The van der Waals surface area contributed by atoms with Gasteiger partial charge in [-0.05, 0) is 62.3 Å². The second-order valence-corrected chi connectivity index (χ2v) is 9.76. The molecule has 1 saturated heterocycles. The molecule has 4 aromatic rings. The Kier molecular flexibility index (Phi) is 6.92. The number of oxazole rings is 1. The minimum absolute atomic E-state index is 0.147. The first-order valence-corrected chi connectivity index (χ1v) is 12.4. The summed E-state index contributed by atoms with van der Waals surface area (Å²) < 4.78 is 20.5. The van der Waals surface area contributed by atoms with Crippen LogP contribution in [-0.2, 0) is 6.42 Å². The number of carbonyl (C=O) groups is 1. The van der Waals surface area contributed by atoms with E-state index in [0.717, 1.165) is 29.7 Å². The summed E-state index contributed by atoms with van der Waals surface area (Å²) in [4.78, 5) is 27.3. The van der Waals surface area contributed by atoms with Crippen molar-refractivity contribution in [1.29, 1.82) is 0 Å². The highest BCUT2D eigenvalue weighted by Gasteiger charge is 2.28. The molecule has 0 atom stereocenters. The molecule has 3 aromatic heterocycles. The first kappa shape index (κ1) is 24.9. The number of amides is 1. The molecule has 0 saturated carbocycles. The number of piperidine rings is 1. The predicted molar refractivity (Wildman–Crippen MR) is 137 cm³/mol. The van der Waals surface area contributed by atoms with E-state index in [-0.39, 0.29) is 29.8 Å². The lowest BCUT2D eigenvalue weighted by atomic mass is 9.85. The highest BCUT2D eigenvalue weighted by Crippen LogP contribution is 2.33. The number of H-pyrrole nitrogens is 1. The average Bonchev–Trinajstić information content (AvgIpc) is 3.50. The van der Waals surface area contributed by atoms with Crippen LogP contribution in [0.1, 0.15) is 63.2 Å². The molecule has 4 heterocycles. The highest BCUT2D eigenvalue weighted by molar-refractivity contribution is 6.32. The molecule has 11 heteroatoms. The second kappa shape index (κ2) is 10.3. The van der Waals surface area contributed by atoms with Crippen LogP contribution in [0.3, 0.4) is 0 Å². The van der Waals surface area contributed by atoms with Crippen LogP contribution in [0.25, 0.3) is 0 Å². The molecule has 0 aliphatic carbocycles. The van der Waals surface area contributed by atoms with Gasteiger partial charge in [0.2, 0.25) is 5.76 Å². The van der Waals surface area contributed by atoms with Crippen molar-refractivity contribution in [2.75, 3.05) is 18.4 Å². The van der Waals surface area contributed by atoms with E-state index in [2.05, 4.69) is 30.5 Å². The number of halogens is 2. The van der Waals surface area contributed by atoms with Crippen LogP contribution in [0, 0.1) is 26.6 Å². The molecule has 1 aliphatic heterocycles. The fourth-order valence-corrected chi connectivity index (χ4v) is 4.86. The van der Waals surface area contributed by atoms with E-state index < -0.39 is 0 Å². The zero-order valence-corrected chi connectivity index (χ0v) is 21.6. The number of hydrogen-bond donors (Lipinski definition) is 2. The van der Waals surface area contributed by atoms with Crippen LogP contribution in [0.15, 0.2) is 35.2 Å². The summed E-state index contributed by atoms with van der Waals surface area (Å²) in [5, 5.41) is 10.4. The van der Waals surface area contributed by atoms with Crippen molar-refractivity contribution in [3.63, 3.8) is 0 Å². The average molecular weight is 524 g/mol. The molecular weight excluding hydrogens is 497 g/mol.